The van der Waals surface area contributed by atoms with Crippen molar-refractivity contribution >= 4 is 68.4 Å². The Balaban J connectivity index is 0.000000221. The lowest BCUT2D eigenvalue weighted by Crippen LogP contribution is -2.35. The van der Waals surface area contributed by atoms with Crippen LogP contribution in [-0.2, 0) is 24.3 Å². The Bertz CT molecular complexity index is 1980. The molecule has 0 saturated heterocycles. The van der Waals surface area contributed by atoms with Crippen LogP contribution in [0.3, 0.4) is 0 Å². The molecular formula is C30H28ClFN6O9S2. The highest BCUT2D eigenvalue weighted by Crippen LogP contribution is 2.39. The third kappa shape index (κ3) is 8.31. The molecule has 5 rings (SSSR count). The second-order valence-electron chi connectivity index (χ2n) is 10.1. The number of carbonyl (C=O) groups excluding carboxylic acids is 4. The summed E-state index contributed by atoms with van der Waals surface area (Å²) in [6, 6.07) is 2.29. The van der Waals surface area contributed by atoms with Crippen LogP contribution in [0.25, 0.3) is 0 Å². The number of anilines is 2. The minimum Gasteiger partial charge on any atom is -0.476 e. The van der Waals surface area contributed by atoms with Crippen LogP contribution in [0.5, 0.6) is 11.8 Å². The van der Waals surface area contributed by atoms with Gasteiger partial charge in [-0.05, 0) is 57.0 Å². The number of aryl methyl sites for hydroxylation is 1. The molecule has 3 aromatic rings. The van der Waals surface area contributed by atoms with Crippen LogP contribution in [-0.4, -0.2) is 67.5 Å². The van der Waals surface area contributed by atoms with Crippen molar-refractivity contribution in [3.05, 3.63) is 56.3 Å². The Labute approximate surface area is 288 Å². The number of benzene rings is 1. The Hall–Kier alpha value is -5.12. The van der Waals surface area contributed by atoms with E-state index in [1.165, 1.54) is 31.5 Å². The molecule has 1 aromatic carbocycles. The van der Waals surface area contributed by atoms with Gasteiger partial charge in [0.1, 0.15) is 27.2 Å². The second-order valence-corrected chi connectivity index (χ2v) is 13.1. The van der Waals surface area contributed by atoms with Gasteiger partial charge in [-0.2, -0.15) is 15.0 Å². The van der Waals surface area contributed by atoms with Gasteiger partial charge in [0.25, 0.3) is 21.8 Å². The quantitative estimate of drug-likeness (QED) is 0.191. The maximum absolute atomic E-state index is 14.4. The van der Waals surface area contributed by atoms with Crippen LogP contribution >= 0.6 is 22.9 Å². The summed E-state index contributed by atoms with van der Waals surface area (Å²) in [7, 11) is -1.86. The number of ether oxygens (including phenoxy) is 3. The molecule has 2 aromatic heterocycles. The minimum absolute atomic E-state index is 0.0233. The van der Waals surface area contributed by atoms with E-state index in [1.807, 2.05) is 0 Å². The fourth-order valence-electron chi connectivity index (χ4n) is 4.62. The Morgan fingerprint density at radius 1 is 1.12 bits per heavy atom. The smallest absolute Gasteiger partial charge is 0.349 e. The van der Waals surface area contributed by atoms with E-state index in [0.29, 0.717) is 24.0 Å². The standard InChI is InChI=1S/C18H15ClFNO3.C12H13N5O6S2/c1-3-10(2)24-16-9-15(14(20)8-13(16)19)21-17(22)11-6-4-5-7-12(11)18(21)23;1-6-13-10(16-12(14-6)23-3)15-11(19)17-25(20,21)7-4-5-24-8(7)9(18)22-2/h1,8-10H,4-7H2,2H3;4-5H,1-3H3,(H2,13,14,15,16,17,19). The maximum Gasteiger partial charge on any atom is 0.349 e. The third-order valence-corrected chi connectivity index (χ3v) is 9.51. The fourth-order valence-corrected chi connectivity index (χ4v) is 7.06. The minimum atomic E-state index is -4.30. The predicted octanol–water partition coefficient (Wildman–Crippen LogP) is 4.17. The second kappa shape index (κ2) is 15.4. The number of hydrogen-bond donors (Lipinski definition) is 2. The number of sulfonamides is 1. The van der Waals surface area contributed by atoms with Crippen molar-refractivity contribution in [3.8, 4) is 24.1 Å². The summed E-state index contributed by atoms with van der Waals surface area (Å²) in [5.41, 5.74) is 0.808. The van der Waals surface area contributed by atoms with Gasteiger partial charge < -0.3 is 14.2 Å². The molecule has 1 aliphatic heterocycles. The normalized spacial score (nSPS) is 14.6. The molecule has 19 heteroatoms. The van der Waals surface area contributed by atoms with Gasteiger partial charge >= 0.3 is 18.0 Å². The molecule has 1 aliphatic carbocycles. The van der Waals surface area contributed by atoms with E-state index in [0.717, 1.165) is 42.3 Å². The number of urea groups is 1. The summed E-state index contributed by atoms with van der Waals surface area (Å²) in [5.74, 6) is 0.0434. The van der Waals surface area contributed by atoms with Crippen LogP contribution < -0.4 is 24.4 Å². The SMILES string of the molecule is C#CC(C)Oc1cc(N2C(=O)C3=C(CCCC3)C2=O)c(F)cc1Cl.COC(=O)c1sccc1S(=O)(=O)NC(=O)Nc1nc(C)nc(OC)n1. The molecule has 2 aliphatic rings. The van der Waals surface area contributed by atoms with E-state index in [2.05, 4.69) is 30.9 Å². The van der Waals surface area contributed by atoms with E-state index < -0.39 is 45.8 Å². The summed E-state index contributed by atoms with van der Waals surface area (Å²) in [4.78, 5) is 60.4. The molecule has 1 unspecified atom stereocenters. The summed E-state index contributed by atoms with van der Waals surface area (Å²) in [5, 5.41) is 3.57. The number of methoxy groups -OCH3 is 2. The lowest BCUT2D eigenvalue weighted by molar-refractivity contribution is -0.120. The Morgan fingerprint density at radius 3 is 2.37 bits per heavy atom. The highest BCUT2D eigenvalue weighted by Gasteiger charge is 2.41. The molecule has 15 nitrogen and oxygen atoms in total. The lowest BCUT2D eigenvalue weighted by atomic mass is 9.93. The van der Waals surface area contributed by atoms with Crippen molar-refractivity contribution in [2.24, 2.45) is 0 Å². The Kier molecular flexibility index (Phi) is 11.5. The molecular weight excluding hydrogens is 707 g/mol. The van der Waals surface area contributed by atoms with E-state index in [4.69, 9.17) is 27.5 Å². The molecule has 258 valence electrons. The van der Waals surface area contributed by atoms with E-state index in [1.54, 1.807) is 11.6 Å². The van der Waals surface area contributed by atoms with Crippen molar-refractivity contribution in [1.82, 2.24) is 19.7 Å². The number of thiophene rings is 1. The monoisotopic (exact) mass is 734 g/mol. The molecule has 0 bridgehead atoms. The molecule has 49 heavy (non-hydrogen) atoms. The molecule has 0 fully saturated rings. The summed E-state index contributed by atoms with van der Waals surface area (Å²) in [6.45, 7) is 3.17. The lowest BCUT2D eigenvalue weighted by Gasteiger charge is -2.19. The number of carbonyl (C=O) groups is 4. The number of amides is 4. The molecule has 0 saturated carbocycles. The molecule has 2 N–H and O–H groups in total. The average molecular weight is 735 g/mol. The van der Waals surface area contributed by atoms with E-state index >= 15 is 0 Å². The van der Waals surface area contributed by atoms with Gasteiger partial charge in [-0.25, -0.2) is 32.0 Å². The fraction of sp³-hybridized carbons (Fsp3) is 0.300. The average Bonchev–Trinajstić information content (AvgIpc) is 3.66. The molecule has 3 heterocycles. The molecule has 4 amide bonds. The molecule has 0 spiro atoms. The molecule has 0 radical (unpaired) electrons. The van der Waals surface area contributed by atoms with Crippen molar-refractivity contribution < 1.29 is 46.2 Å². The van der Waals surface area contributed by atoms with Gasteiger partial charge in [0.15, 0.2) is 6.10 Å². The third-order valence-electron chi connectivity index (χ3n) is 6.82. The number of terminal acetylenes is 1. The maximum atomic E-state index is 14.4. The van der Waals surface area contributed by atoms with Gasteiger partial charge in [0.05, 0.1) is 24.9 Å². The Morgan fingerprint density at radius 2 is 1.78 bits per heavy atom. The first-order chi connectivity index (χ1) is 23.2. The number of nitrogens with one attached hydrogen (secondary N) is 2. The number of halogens is 2. The largest absolute Gasteiger partial charge is 0.476 e. The van der Waals surface area contributed by atoms with Crippen molar-refractivity contribution in [2.75, 3.05) is 24.4 Å². The molecule has 1 atom stereocenters. The zero-order valence-electron chi connectivity index (χ0n) is 26.3. The number of aromatic nitrogens is 3. The topological polar surface area (TPSA) is 196 Å². The number of hydrogen-bond acceptors (Lipinski definition) is 13. The first-order valence-electron chi connectivity index (χ1n) is 14.2. The van der Waals surface area contributed by atoms with Crippen LogP contribution in [0.4, 0.5) is 20.8 Å². The zero-order chi connectivity index (χ0) is 36.0. The van der Waals surface area contributed by atoms with Crippen LogP contribution in [0, 0.1) is 25.1 Å². The predicted molar refractivity (Wildman–Crippen MR) is 174 cm³/mol. The van der Waals surface area contributed by atoms with Crippen molar-refractivity contribution in [2.45, 2.75) is 50.5 Å². The van der Waals surface area contributed by atoms with Gasteiger partial charge in [-0.3, -0.25) is 14.9 Å². The van der Waals surface area contributed by atoms with Crippen LogP contribution in [0.2, 0.25) is 5.02 Å². The summed E-state index contributed by atoms with van der Waals surface area (Å²) in [6.07, 6.45) is 7.47. The summed E-state index contributed by atoms with van der Waals surface area (Å²) >= 11 is 6.84. The van der Waals surface area contributed by atoms with Gasteiger partial charge in [-0.15, -0.1) is 17.8 Å². The first-order valence-corrected chi connectivity index (χ1v) is 16.9. The van der Waals surface area contributed by atoms with E-state index in [9.17, 15) is 32.0 Å². The highest BCUT2D eigenvalue weighted by molar-refractivity contribution is 7.90. The van der Waals surface area contributed by atoms with Gasteiger partial charge in [0.2, 0.25) is 5.95 Å². The van der Waals surface area contributed by atoms with Gasteiger partial charge in [0, 0.05) is 17.2 Å². The van der Waals surface area contributed by atoms with Crippen molar-refractivity contribution in [1.29, 1.82) is 0 Å². The number of nitrogens with zero attached hydrogens (tertiary/aromatic N) is 4. The van der Waals surface area contributed by atoms with Crippen molar-refractivity contribution in [3.63, 3.8) is 0 Å². The summed E-state index contributed by atoms with van der Waals surface area (Å²) < 4.78 is 55.5. The van der Waals surface area contributed by atoms with Crippen LogP contribution in [0.1, 0.15) is 48.1 Å². The number of rotatable bonds is 8. The number of esters is 1. The highest BCUT2D eigenvalue weighted by atomic mass is 35.5. The van der Waals surface area contributed by atoms with Crippen LogP contribution in [0.15, 0.2) is 39.6 Å². The van der Waals surface area contributed by atoms with E-state index in [-0.39, 0.29) is 44.0 Å². The first kappa shape index (κ1) is 36.7. The number of imide groups is 1. The van der Waals surface area contributed by atoms with Gasteiger partial charge in [-0.1, -0.05) is 17.5 Å². The zero-order valence-corrected chi connectivity index (χ0v) is 28.7.